The number of halogens is 5. The molecule has 0 N–H and O–H groups in total. The van der Waals surface area contributed by atoms with Crippen LogP contribution < -0.4 is 4.74 Å². The van der Waals surface area contributed by atoms with Gasteiger partial charge in [-0.2, -0.15) is 4.39 Å². The van der Waals surface area contributed by atoms with Gasteiger partial charge in [-0.25, -0.2) is 13.2 Å². The highest BCUT2D eigenvalue weighted by Gasteiger charge is 2.21. The summed E-state index contributed by atoms with van der Waals surface area (Å²) in [6.07, 6.45) is 4.27. The van der Waals surface area contributed by atoms with E-state index in [4.69, 9.17) is 0 Å². The Morgan fingerprint density at radius 3 is 2.12 bits per heavy atom. The molecule has 1 nitrogen and oxygen atoms in total. The summed E-state index contributed by atoms with van der Waals surface area (Å²) in [7, 11) is 1.20. The van der Waals surface area contributed by atoms with Crippen LogP contribution in [-0.2, 0) is 6.42 Å². The number of aryl methyl sites for hydroxylation is 1. The molecule has 2 rings (SSSR count). The van der Waals surface area contributed by atoms with Crippen molar-refractivity contribution in [2.75, 3.05) is 7.11 Å². The van der Waals surface area contributed by atoms with Crippen LogP contribution in [0.4, 0.5) is 17.6 Å². The Morgan fingerprint density at radius 1 is 0.885 bits per heavy atom. The number of alkyl halides is 1. The lowest BCUT2D eigenvalue weighted by Crippen LogP contribution is -2.02. The van der Waals surface area contributed by atoms with E-state index < -0.39 is 23.3 Å². The van der Waals surface area contributed by atoms with Gasteiger partial charge in [0.05, 0.1) is 7.11 Å². The topological polar surface area (TPSA) is 9.23 Å². The monoisotopic (exact) mass is 480 g/mol. The number of rotatable bonds is 8. The van der Waals surface area contributed by atoms with Gasteiger partial charge in [0.1, 0.15) is 0 Å². The van der Waals surface area contributed by atoms with Gasteiger partial charge in [0.15, 0.2) is 23.2 Å². The number of methoxy groups -OCH3 is 1. The van der Waals surface area contributed by atoms with Crippen LogP contribution in [0.15, 0.2) is 24.3 Å². The van der Waals surface area contributed by atoms with Gasteiger partial charge in [0, 0.05) is 15.1 Å². The van der Waals surface area contributed by atoms with E-state index in [1.165, 1.54) is 31.4 Å². The van der Waals surface area contributed by atoms with Crippen LogP contribution in [0, 0.1) is 23.3 Å². The summed E-state index contributed by atoms with van der Waals surface area (Å²) in [5.41, 5.74) is -0.384. The summed E-state index contributed by atoms with van der Waals surface area (Å²) in [5, 5.41) is 0. The fraction of sp³-hybridized carbons (Fsp3) is 0.400. The summed E-state index contributed by atoms with van der Waals surface area (Å²) in [5.74, 6) is -4.94. The average molecular weight is 480 g/mol. The second kappa shape index (κ2) is 9.58. The Labute approximate surface area is 164 Å². The average Bonchev–Trinajstić information content (AvgIpc) is 2.62. The second-order valence-corrected chi connectivity index (χ2v) is 7.88. The molecule has 1 atom stereocenters. The first kappa shape index (κ1) is 21.0. The van der Waals surface area contributed by atoms with Crippen molar-refractivity contribution >= 4 is 22.6 Å². The molecule has 142 valence electrons. The van der Waals surface area contributed by atoms with E-state index in [2.05, 4.69) is 34.3 Å². The lowest BCUT2D eigenvalue weighted by atomic mass is 9.99. The maximum atomic E-state index is 14.5. The SMILES string of the molecule is CCCC(I)CCCc1ccc(-c2ccc(OC)c(F)c2F)c(F)c1F. The molecule has 0 aliphatic carbocycles. The Kier molecular flexibility index (Phi) is 7.73. The molecular formula is C20H21F4IO. The van der Waals surface area contributed by atoms with Gasteiger partial charge in [-0.1, -0.05) is 48.1 Å². The van der Waals surface area contributed by atoms with Crippen LogP contribution in [0.5, 0.6) is 5.75 Å². The number of hydrogen-bond acceptors (Lipinski definition) is 1. The molecule has 0 bridgehead atoms. The first-order chi connectivity index (χ1) is 12.4. The largest absolute Gasteiger partial charge is 0.494 e. The molecule has 0 radical (unpaired) electrons. The Balaban J connectivity index is 2.23. The highest BCUT2D eigenvalue weighted by molar-refractivity contribution is 14.1. The lowest BCUT2D eigenvalue weighted by Gasteiger charge is -2.12. The minimum absolute atomic E-state index is 0.251. The molecule has 0 spiro atoms. The fourth-order valence-corrected chi connectivity index (χ4v) is 3.92. The third-order valence-corrected chi connectivity index (χ3v) is 5.53. The van der Waals surface area contributed by atoms with Crippen molar-refractivity contribution < 1.29 is 22.3 Å². The van der Waals surface area contributed by atoms with Gasteiger partial charge in [-0.15, -0.1) is 0 Å². The van der Waals surface area contributed by atoms with E-state index in [9.17, 15) is 17.6 Å². The van der Waals surface area contributed by atoms with Crippen LogP contribution >= 0.6 is 22.6 Å². The molecule has 0 amide bonds. The summed E-state index contributed by atoms with van der Waals surface area (Å²) in [4.78, 5) is 0. The summed E-state index contributed by atoms with van der Waals surface area (Å²) < 4.78 is 62.0. The highest BCUT2D eigenvalue weighted by atomic mass is 127. The van der Waals surface area contributed by atoms with E-state index in [-0.39, 0.29) is 22.4 Å². The molecule has 2 aromatic rings. The first-order valence-electron chi connectivity index (χ1n) is 8.54. The normalized spacial score (nSPS) is 12.3. The van der Waals surface area contributed by atoms with Crippen LogP contribution in [0.3, 0.4) is 0 Å². The summed E-state index contributed by atoms with van der Waals surface area (Å²) in [6.45, 7) is 2.11. The molecule has 0 saturated carbocycles. The Bertz CT molecular complexity index is 764. The van der Waals surface area contributed by atoms with Gasteiger partial charge in [0.25, 0.3) is 0 Å². The van der Waals surface area contributed by atoms with E-state index in [1.807, 2.05) is 0 Å². The maximum absolute atomic E-state index is 14.5. The molecule has 6 heteroatoms. The molecule has 0 aliphatic heterocycles. The van der Waals surface area contributed by atoms with Gasteiger partial charge in [-0.3, -0.25) is 0 Å². The molecular weight excluding hydrogens is 459 g/mol. The van der Waals surface area contributed by atoms with E-state index in [0.717, 1.165) is 25.7 Å². The summed E-state index contributed by atoms with van der Waals surface area (Å²) >= 11 is 2.37. The lowest BCUT2D eigenvalue weighted by molar-refractivity contribution is 0.372. The van der Waals surface area contributed by atoms with Crippen LogP contribution in [0.1, 0.15) is 38.2 Å². The standard InChI is InChI=1S/C20H21F4IO/c1-3-5-13(25)7-4-6-12-8-9-14(18(22)17(12)21)15-10-11-16(26-2)20(24)19(15)23/h8-11,13H,3-7H2,1-2H3. The Hall–Kier alpha value is -1.31. The summed E-state index contributed by atoms with van der Waals surface area (Å²) in [6, 6.07) is 5.11. The zero-order valence-corrected chi connectivity index (χ0v) is 16.9. The predicted molar refractivity (Wildman–Crippen MR) is 104 cm³/mol. The van der Waals surface area contributed by atoms with E-state index in [1.54, 1.807) is 0 Å². The smallest absolute Gasteiger partial charge is 0.201 e. The molecule has 0 aliphatic rings. The van der Waals surface area contributed by atoms with Crippen molar-refractivity contribution in [3.63, 3.8) is 0 Å². The second-order valence-electron chi connectivity index (χ2n) is 6.12. The fourth-order valence-electron chi connectivity index (χ4n) is 2.86. The first-order valence-corrected chi connectivity index (χ1v) is 9.78. The molecule has 0 aromatic heterocycles. The van der Waals surface area contributed by atoms with Gasteiger partial charge in [0.2, 0.25) is 5.82 Å². The quantitative estimate of drug-likeness (QED) is 0.228. The maximum Gasteiger partial charge on any atom is 0.201 e. The van der Waals surface area contributed by atoms with Crippen molar-refractivity contribution in [1.82, 2.24) is 0 Å². The molecule has 26 heavy (non-hydrogen) atoms. The zero-order chi connectivity index (χ0) is 19.3. The Morgan fingerprint density at radius 2 is 1.50 bits per heavy atom. The van der Waals surface area contributed by atoms with Crippen molar-refractivity contribution in [3.8, 4) is 16.9 Å². The number of benzene rings is 2. The van der Waals surface area contributed by atoms with E-state index in [0.29, 0.717) is 10.3 Å². The molecule has 0 saturated heterocycles. The van der Waals surface area contributed by atoms with Crippen molar-refractivity contribution in [3.05, 3.63) is 53.1 Å². The number of ether oxygens (including phenoxy) is 1. The van der Waals surface area contributed by atoms with Crippen LogP contribution in [-0.4, -0.2) is 11.0 Å². The minimum Gasteiger partial charge on any atom is -0.494 e. The highest BCUT2D eigenvalue weighted by Crippen LogP contribution is 2.33. The van der Waals surface area contributed by atoms with E-state index >= 15 is 0 Å². The zero-order valence-electron chi connectivity index (χ0n) is 14.7. The third kappa shape index (κ3) is 4.69. The molecule has 0 heterocycles. The van der Waals surface area contributed by atoms with Gasteiger partial charge >= 0.3 is 0 Å². The molecule has 2 aromatic carbocycles. The predicted octanol–water partition coefficient (Wildman–Crippen LogP) is 6.85. The van der Waals surface area contributed by atoms with Crippen LogP contribution in [0.25, 0.3) is 11.1 Å². The minimum atomic E-state index is -1.26. The van der Waals surface area contributed by atoms with Crippen LogP contribution in [0.2, 0.25) is 0 Å². The molecule has 0 fully saturated rings. The van der Waals surface area contributed by atoms with Crippen molar-refractivity contribution in [2.24, 2.45) is 0 Å². The van der Waals surface area contributed by atoms with Gasteiger partial charge in [-0.05, 0) is 43.4 Å². The van der Waals surface area contributed by atoms with Crippen molar-refractivity contribution in [2.45, 2.75) is 43.0 Å². The number of hydrogen-bond donors (Lipinski definition) is 0. The van der Waals surface area contributed by atoms with Gasteiger partial charge < -0.3 is 4.74 Å². The molecule has 1 unspecified atom stereocenters. The van der Waals surface area contributed by atoms with Crippen molar-refractivity contribution in [1.29, 1.82) is 0 Å². The third-order valence-electron chi connectivity index (χ3n) is 4.28.